The van der Waals surface area contributed by atoms with Crippen molar-refractivity contribution in [1.29, 1.82) is 0 Å². The van der Waals surface area contributed by atoms with Crippen molar-refractivity contribution >= 4 is 5.78 Å². The van der Waals surface area contributed by atoms with Crippen LogP contribution in [-0.2, 0) is 4.79 Å². The fraction of sp³-hybridized carbons (Fsp3) is 0.917. The van der Waals surface area contributed by atoms with Crippen molar-refractivity contribution in [2.24, 2.45) is 5.92 Å². The third kappa shape index (κ3) is 2.00. The molecule has 1 aliphatic heterocycles. The zero-order valence-corrected chi connectivity index (χ0v) is 9.17. The molecule has 0 amide bonds. The van der Waals surface area contributed by atoms with Crippen molar-refractivity contribution in [2.45, 2.75) is 51.5 Å². The maximum Gasteiger partial charge on any atom is 0.134 e. The Morgan fingerprint density at radius 2 is 2.21 bits per heavy atom. The highest BCUT2D eigenvalue weighted by molar-refractivity contribution is 5.79. The average Bonchev–Trinajstić information content (AvgIpc) is 2.07. The van der Waals surface area contributed by atoms with Gasteiger partial charge in [-0.1, -0.05) is 13.3 Å². The van der Waals surface area contributed by atoms with Crippen LogP contribution in [-0.4, -0.2) is 29.8 Å². The summed E-state index contributed by atoms with van der Waals surface area (Å²) in [7, 11) is 0. The van der Waals surface area contributed by atoms with Gasteiger partial charge in [-0.2, -0.15) is 0 Å². The number of rotatable bonds is 3. The van der Waals surface area contributed by atoms with Gasteiger partial charge in [-0.3, -0.25) is 9.69 Å². The van der Waals surface area contributed by atoms with Gasteiger partial charge < -0.3 is 0 Å². The van der Waals surface area contributed by atoms with Crippen molar-refractivity contribution in [3.8, 4) is 0 Å². The van der Waals surface area contributed by atoms with Gasteiger partial charge in [0.2, 0.25) is 0 Å². The Bertz CT molecular complexity index is 210. The molecule has 80 valence electrons. The molecule has 0 spiro atoms. The Balaban J connectivity index is 1.95. The maximum absolute atomic E-state index is 11.4. The van der Waals surface area contributed by atoms with E-state index in [4.69, 9.17) is 0 Å². The molecule has 0 aromatic heterocycles. The molecule has 2 fully saturated rings. The van der Waals surface area contributed by atoms with E-state index in [-0.39, 0.29) is 0 Å². The van der Waals surface area contributed by atoms with E-state index < -0.39 is 0 Å². The van der Waals surface area contributed by atoms with E-state index in [1.807, 2.05) is 0 Å². The smallest absolute Gasteiger partial charge is 0.134 e. The Morgan fingerprint density at radius 3 is 2.79 bits per heavy atom. The van der Waals surface area contributed by atoms with E-state index in [9.17, 15) is 4.79 Å². The zero-order valence-electron chi connectivity index (χ0n) is 9.17. The minimum Gasteiger partial charge on any atom is -0.300 e. The SMILES string of the molecule is CCCC1CCC(=O)CC1N1CCC1. The van der Waals surface area contributed by atoms with Gasteiger partial charge in [0.1, 0.15) is 5.78 Å². The number of hydrogen-bond donors (Lipinski definition) is 0. The zero-order chi connectivity index (χ0) is 9.97. The molecule has 14 heavy (non-hydrogen) atoms. The molecule has 1 aliphatic carbocycles. The molecule has 2 unspecified atom stereocenters. The normalized spacial score (nSPS) is 34.2. The fourth-order valence-electron chi connectivity index (χ4n) is 2.85. The summed E-state index contributed by atoms with van der Waals surface area (Å²) in [5.74, 6) is 1.30. The summed E-state index contributed by atoms with van der Waals surface area (Å²) < 4.78 is 0. The minimum atomic E-state index is 0.495. The third-order valence-electron chi connectivity index (χ3n) is 3.79. The lowest BCUT2D eigenvalue weighted by Crippen LogP contribution is -2.51. The highest BCUT2D eigenvalue weighted by Gasteiger charge is 2.34. The molecule has 2 aliphatic rings. The van der Waals surface area contributed by atoms with E-state index in [2.05, 4.69) is 11.8 Å². The standard InChI is InChI=1S/C12H21NO/c1-2-4-10-5-6-11(14)9-12(10)13-7-3-8-13/h10,12H,2-9H2,1H3. The first-order valence-electron chi connectivity index (χ1n) is 6.07. The van der Waals surface area contributed by atoms with Crippen LogP contribution in [0.2, 0.25) is 0 Å². The van der Waals surface area contributed by atoms with Crippen LogP contribution < -0.4 is 0 Å². The topological polar surface area (TPSA) is 20.3 Å². The van der Waals surface area contributed by atoms with E-state index in [1.54, 1.807) is 0 Å². The highest BCUT2D eigenvalue weighted by atomic mass is 16.1. The second-order valence-corrected chi connectivity index (χ2v) is 4.79. The lowest BCUT2D eigenvalue weighted by Gasteiger charge is -2.44. The molecule has 0 aromatic carbocycles. The molecule has 1 saturated carbocycles. The third-order valence-corrected chi connectivity index (χ3v) is 3.79. The summed E-state index contributed by atoms with van der Waals surface area (Å²) in [5, 5.41) is 0. The van der Waals surface area contributed by atoms with Crippen molar-refractivity contribution < 1.29 is 4.79 Å². The van der Waals surface area contributed by atoms with Crippen LogP contribution in [0.1, 0.15) is 45.4 Å². The summed E-state index contributed by atoms with van der Waals surface area (Å²) in [6.45, 7) is 4.72. The first kappa shape index (κ1) is 10.2. The molecule has 0 bridgehead atoms. The number of hydrogen-bond acceptors (Lipinski definition) is 2. The van der Waals surface area contributed by atoms with Gasteiger partial charge in [0.15, 0.2) is 0 Å². The highest BCUT2D eigenvalue weighted by Crippen LogP contribution is 2.32. The van der Waals surface area contributed by atoms with Crippen LogP contribution in [0.25, 0.3) is 0 Å². The molecule has 2 heteroatoms. The Kier molecular flexibility index (Phi) is 3.22. The van der Waals surface area contributed by atoms with E-state index in [1.165, 1.54) is 32.4 Å². The van der Waals surface area contributed by atoms with Gasteiger partial charge in [0.25, 0.3) is 0 Å². The predicted molar refractivity (Wildman–Crippen MR) is 57.2 cm³/mol. The second kappa shape index (κ2) is 4.43. The molecule has 1 heterocycles. The van der Waals surface area contributed by atoms with Crippen LogP contribution in [0.5, 0.6) is 0 Å². The number of nitrogens with zero attached hydrogens (tertiary/aromatic N) is 1. The first-order valence-corrected chi connectivity index (χ1v) is 6.07. The van der Waals surface area contributed by atoms with Crippen molar-refractivity contribution in [3.05, 3.63) is 0 Å². The van der Waals surface area contributed by atoms with E-state index in [0.717, 1.165) is 25.2 Å². The summed E-state index contributed by atoms with van der Waals surface area (Å²) in [6, 6.07) is 0.602. The van der Waals surface area contributed by atoms with Gasteiger partial charge >= 0.3 is 0 Å². The second-order valence-electron chi connectivity index (χ2n) is 4.79. The molecule has 2 atom stereocenters. The molecule has 2 nitrogen and oxygen atoms in total. The largest absolute Gasteiger partial charge is 0.300 e. The van der Waals surface area contributed by atoms with E-state index >= 15 is 0 Å². The van der Waals surface area contributed by atoms with Gasteiger partial charge in [0.05, 0.1) is 0 Å². The first-order chi connectivity index (χ1) is 6.81. The van der Waals surface area contributed by atoms with Crippen LogP contribution in [0.4, 0.5) is 0 Å². The fourth-order valence-corrected chi connectivity index (χ4v) is 2.85. The summed E-state index contributed by atoms with van der Waals surface area (Å²) >= 11 is 0. The summed E-state index contributed by atoms with van der Waals surface area (Å²) in [4.78, 5) is 14.0. The van der Waals surface area contributed by atoms with E-state index in [0.29, 0.717) is 11.8 Å². The number of ketones is 1. The minimum absolute atomic E-state index is 0.495. The monoisotopic (exact) mass is 195 g/mol. The quantitative estimate of drug-likeness (QED) is 0.688. The van der Waals surface area contributed by atoms with Gasteiger partial charge in [-0.05, 0) is 38.3 Å². The molecular weight excluding hydrogens is 174 g/mol. The Hall–Kier alpha value is -0.370. The summed E-state index contributed by atoms with van der Waals surface area (Å²) in [5.41, 5.74) is 0. The number of likely N-dealkylation sites (tertiary alicyclic amines) is 1. The van der Waals surface area contributed by atoms with Crippen molar-refractivity contribution in [1.82, 2.24) is 4.90 Å². The summed E-state index contributed by atoms with van der Waals surface area (Å²) in [6.07, 6.45) is 6.74. The van der Waals surface area contributed by atoms with Crippen LogP contribution in [0.3, 0.4) is 0 Å². The molecule has 2 rings (SSSR count). The van der Waals surface area contributed by atoms with Crippen LogP contribution >= 0.6 is 0 Å². The number of carbonyl (C=O) groups excluding carboxylic acids is 1. The van der Waals surface area contributed by atoms with Crippen LogP contribution in [0.15, 0.2) is 0 Å². The predicted octanol–water partition coefficient (Wildman–Crippen LogP) is 2.23. The number of carbonyl (C=O) groups is 1. The number of Topliss-reactive ketones (excluding diaryl/α,β-unsaturated/α-hetero) is 1. The van der Waals surface area contributed by atoms with Gasteiger partial charge in [-0.25, -0.2) is 0 Å². The van der Waals surface area contributed by atoms with Gasteiger partial charge in [-0.15, -0.1) is 0 Å². The Labute approximate surface area is 86.7 Å². The molecule has 0 N–H and O–H groups in total. The molecule has 1 saturated heterocycles. The molecular formula is C12H21NO. The molecule has 0 aromatic rings. The maximum atomic E-state index is 11.4. The van der Waals surface area contributed by atoms with Crippen molar-refractivity contribution in [2.75, 3.05) is 13.1 Å². The average molecular weight is 195 g/mol. The lowest BCUT2D eigenvalue weighted by molar-refractivity contribution is -0.124. The van der Waals surface area contributed by atoms with Crippen molar-refractivity contribution in [3.63, 3.8) is 0 Å². The lowest BCUT2D eigenvalue weighted by atomic mass is 9.79. The van der Waals surface area contributed by atoms with Gasteiger partial charge in [0, 0.05) is 18.9 Å². The van der Waals surface area contributed by atoms with Crippen LogP contribution in [0, 0.1) is 5.92 Å². The Morgan fingerprint density at radius 1 is 1.43 bits per heavy atom. The molecule has 0 radical (unpaired) electrons.